The van der Waals surface area contributed by atoms with E-state index < -0.39 is 0 Å². The Labute approximate surface area is 192 Å². The van der Waals surface area contributed by atoms with Gasteiger partial charge in [-0.1, -0.05) is 84.9 Å². The average molecular weight is 428 g/mol. The van der Waals surface area contributed by atoms with Gasteiger partial charge in [-0.3, -0.25) is 9.59 Å². The monoisotopic (exact) mass is 427 g/mol. The van der Waals surface area contributed by atoms with Crippen molar-refractivity contribution in [3.05, 3.63) is 124 Å². The lowest BCUT2D eigenvalue weighted by molar-refractivity contribution is 0.0975. The molecule has 3 heteroatoms. The SMILES string of the molecule is O=C1c2ccccc2C(=O)c2c1nc1c(c2-c2ccccc2)CCC/C1=C\c1ccccc1. The van der Waals surface area contributed by atoms with Crippen molar-refractivity contribution in [1.82, 2.24) is 4.98 Å². The van der Waals surface area contributed by atoms with Gasteiger partial charge in [0, 0.05) is 16.7 Å². The van der Waals surface area contributed by atoms with E-state index in [1.54, 1.807) is 18.2 Å². The number of carbonyl (C=O) groups is 2. The van der Waals surface area contributed by atoms with Crippen molar-refractivity contribution in [2.75, 3.05) is 0 Å². The second kappa shape index (κ2) is 7.79. The number of pyridine rings is 1. The summed E-state index contributed by atoms with van der Waals surface area (Å²) in [4.78, 5) is 32.2. The van der Waals surface area contributed by atoms with Crippen LogP contribution in [0, 0.1) is 0 Å². The van der Waals surface area contributed by atoms with E-state index in [-0.39, 0.29) is 17.3 Å². The fourth-order valence-corrected chi connectivity index (χ4v) is 5.05. The molecule has 0 amide bonds. The van der Waals surface area contributed by atoms with E-state index in [1.165, 1.54) is 0 Å². The molecule has 6 rings (SSSR count). The van der Waals surface area contributed by atoms with E-state index in [0.717, 1.165) is 52.8 Å². The van der Waals surface area contributed by atoms with Gasteiger partial charge in [0.25, 0.3) is 0 Å². The number of benzene rings is 3. The van der Waals surface area contributed by atoms with Crippen molar-refractivity contribution in [2.24, 2.45) is 0 Å². The van der Waals surface area contributed by atoms with Crippen molar-refractivity contribution >= 4 is 23.2 Å². The number of aromatic nitrogens is 1. The van der Waals surface area contributed by atoms with Gasteiger partial charge in [-0.25, -0.2) is 4.98 Å². The van der Waals surface area contributed by atoms with Crippen LogP contribution in [0.25, 0.3) is 22.8 Å². The smallest absolute Gasteiger partial charge is 0.212 e. The van der Waals surface area contributed by atoms with Gasteiger partial charge in [0.15, 0.2) is 5.78 Å². The molecule has 158 valence electrons. The quantitative estimate of drug-likeness (QED) is 0.327. The zero-order valence-electron chi connectivity index (χ0n) is 18.0. The third kappa shape index (κ3) is 3.16. The van der Waals surface area contributed by atoms with Crippen molar-refractivity contribution < 1.29 is 9.59 Å². The number of allylic oxidation sites excluding steroid dienone is 1. The molecule has 3 aromatic carbocycles. The van der Waals surface area contributed by atoms with Crippen molar-refractivity contribution in [3.63, 3.8) is 0 Å². The van der Waals surface area contributed by atoms with Crippen LogP contribution in [0.2, 0.25) is 0 Å². The molecule has 2 aliphatic carbocycles. The molecule has 0 unspecified atom stereocenters. The molecule has 0 atom stereocenters. The molecule has 0 spiro atoms. The molecule has 0 saturated heterocycles. The molecule has 0 N–H and O–H groups in total. The van der Waals surface area contributed by atoms with Crippen LogP contribution in [-0.4, -0.2) is 16.6 Å². The lowest BCUT2D eigenvalue weighted by Crippen LogP contribution is -2.26. The predicted molar refractivity (Wildman–Crippen MR) is 130 cm³/mol. The normalized spacial score (nSPS) is 15.7. The van der Waals surface area contributed by atoms with E-state index in [0.29, 0.717) is 16.7 Å². The summed E-state index contributed by atoms with van der Waals surface area (Å²) in [6.07, 6.45) is 4.86. The number of carbonyl (C=O) groups excluding carboxylic acids is 2. The van der Waals surface area contributed by atoms with Gasteiger partial charge in [-0.05, 0) is 47.6 Å². The highest BCUT2D eigenvalue weighted by Gasteiger charge is 2.36. The molecule has 0 fully saturated rings. The number of fused-ring (bicyclic) bond motifs is 3. The maximum absolute atomic E-state index is 13.7. The molecule has 1 heterocycles. The first-order valence-electron chi connectivity index (χ1n) is 11.3. The summed E-state index contributed by atoms with van der Waals surface area (Å²) in [6.45, 7) is 0. The zero-order chi connectivity index (χ0) is 22.4. The van der Waals surface area contributed by atoms with Crippen LogP contribution >= 0.6 is 0 Å². The number of rotatable bonds is 2. The number of nitrogens with zero attached hydrogens (tertiary/aromatic N) is 1. The van der Waals surface area contributed by atoms with Gasteiger partial charge in [-0.15, -0.1) is 0 Å². The Balaban J connectivity index is 1.67. The topological polar surface area (TPSA) is 47.0 Å². The van der Waals surface area contributed by atoms with E-state index in [2.05, 4.69) is 18.2 Å². The summed E-state index contributed by atoms with van der Waals surface area (Å²) >= 11 is 0. The van der Waals surface area contributed by atoms with Gasteiger partial charge < -0.3 is 0 Å². The maximum atomic E-state index is 13.7. The highest BCUT2D eigenvalue weighted by atomic mass is 16.1. The summed E-state index contributed by atoms with van der Waals surface area (Å²) < 4.78 is 0. The Hall–Kier alpha value is -4.11. The zero-order valence-corrected chi connectivity index (χ0v) is 18.0. The first-order chi connectivity index (χ1) is 16.2. The molecule has 33 heavy (non-hydrogen) atoms. The summed E-state index contributed by atoms with van der Waals surface area (Å²) in [5.41, 5.74) is 7.57. The summed E-state index contributed by atoms with van der Waals surface area (Å²) in [6, 6.07) is 27.2. The summed E-state index contributed by atoms with van der Waals surface area (Å²) in [5, 5.41) is 0. The Morgan fingerprint density at radius 2 is 1.27 bits per heavy atom. The van der Waals surface area contributed by atoms with E-state index in [9.17, 15) is 9.59 Å². The molecule has 2 aliphatic rings. The first-order valence-corrected chi connectivity index (χ1v) is 11.3. The highest BCUT2D eigenvalue weighted by Crippen LogP contribution is 2.42. The van der Waals surface area contributed by atoms with Crippen LogP contribution in [0.4, 0.5) is 0 Å². The van der Waals surface area contributed by atoms with Crippen molar-refractivity contribution in [1.29, 1.82) is 0 Å². The van der Waals surface area contributed by atoms with Crippen LogP contribution in [0.15, 0.2) is 84.9 Å². The molecule has 3 nitrogen and oxygen atoms in total. The lowest BCUT2D eigenvalue weighted by Gasteiger charge is -2.27. The van der Waals surface area contributed by atoms with E-state index in [4.69, 9.17) is 4.98 Å². The molecular formula is C30H21NO2. The Morgan fingerprint density at radius 3 is 2.00 bits per heavy atom. The minimum absolute atomic E-state index is 0.117. The van der Waals surface area contributed by atoms with Crippen LogP contribution in [0.3, 0.4) is 0 Å². The third-order valence-corrected chi connectivity index (χ3v) is 6.54. The average Bonchev–Trinajstić information content (AvgIpc) is 2.87. The standard InChI is InChI=1S/C30H21NO2/c32-29-22-15-7-8-16-23(22)30(33)28-26(29)25(20-12-5-2-6-13-20)24-17-9-14-21(27(24)31-28)18-19-10-3-1-4-11-19/h1-8,10-13,15-16,18H,9,14,17H2/b21-18+. The molecule has 4 aromatic rings. The fourth-order valence-electron chi connectivity index (χ4n) is 5.05. The maximum Gasteiger partial charge on any atom is 0.212 e. The summed E-state index contributed by atoms with van der Waals surface area (Å²) in [5.74, 6) is -0.293. The van der Waals surface area contributed by atoms with Crippen LogP contribution in [0.5, 0.6) is 0 Å². The molecule has 0 bridgehead atoms. The van der Waals surface area contributed by atoms with Gasteiger partial charge in [0.2, 0.25) is 5.78 Å². The third-order valence-electron chi connectivity index (χ3n) is 6.54. The molecule has 1 aromatic heterocycles. The minimum atomic E-state index is -0.176. The predicted octanol–water partition coefficient (Wildman–Crippen LogP) is 6.40. The molecular weight excluding hydrogens is 406 g/mol. The van der Waals surface area contributed by atoms with Crippen molar-refractivity contribution in [3.8, 4) is 11.1 Å². The van der Waals surface area contributed by atoms with Gasteiger partial charge in [0.05, 0.1) is 11.3 Å². The minimum Gasteiger partial charge on any atom is -0.288 e. The fraction of sp³-hybridized carbons (Fsp3) is 0.100. The number of hydrogen-bond donors (Lipinski definition) is 0. The summed E-state index contributed by atoms with van der Waals surface area (Å²) in [7, 11) is 0. The van der Waals surface area contributed by atoms with Crippen molar-refractivity contribution in [2.45, 2.75) is 19.3 Å². The largest absolute Gasteiger partial charge is 0.288 e. The van der Waals surface area contributed by atoms with Crippen LogP contribution < -0.4 is 0 Å². The van der Waals surface area contributed by atoms with Crippen LogP contribution in [0.1, 0.15) is 61.6 Å². The first kappa shape index (κ1) is 19.6. The second-order valence-corrected chi connectivity index (χ2v) is 8.54. The Bertz CT molecular complexity index is 1450. The number of hydrogen-bond acceptors (Lipinski definition) is 3. The van der Waals surface area contributed by atoms with Gasteiger partial charge in [0.1, 0.15) is 5.69 Å². The van der Waals surface area contributed by atoms with Gasteiger partial charge in [-0.2, -0.15) is 0 Å². The molecule has 0 aliphatic heterocycles. The number of ketones is 2. The highest BCUT2D eigenvalue weighted by molar-refractivity contribution is 6.30. The Morgan fingerprint density at radius 1 is 0.636 bits per heavy atom. The van der Waals surface area contributed by atoms with E-state index >= 15 is 0 Å². The second-order valence-electron chi connectivity index (χ2n) is 8.54. The van der Waals surface area contributed by atoms with Crippen LogP contribution in [-0.2, 0) is 6.42 Å². The molecule has 0 radical (unpaired) electrons. The van der Waals surface area contributed by atoms with Gasteiger partial charge >= 0.3 is 0 Å². The Kier molecular flexibility index (Phi) is 4.62. The lowest BCUT2D eigenvalue weighted by atomic mass is 9.77. The van der Waals surface area contributed by atoms with E-state index in [1.807, 2.05) is 54.6 Å². The molecule has 0 saturated carbocycles.